The van der Waals surface area contributed by atoms with Gasteiger partial charge >= 0.3 is 0 Å². The summed E-state index contributed by atoms with van der Waals surface area (Å²) >= 11 is 0. The number of anilines is 2. The molecule has 0 radical (unpaired) electrons. The summed E-state index contributed by atoms with van der Waals surface area (Å²) in [6, 6.07) is 18.4. The summed E-state index contributed by atoms with van der Waals surface area (Å²) in [6.07, 6.45) is 0. The fraction of sp³-hybridized carbons (Fsp3) is 0.0500. The zero-order chi connectivity index (χ0) is 20.4. The Hall–Kier alpha value is -4.45. The molecule has 0 spiro atoms. The number of benzene rings is 2. The summed E-state index contributed by atoms with van der Waals surface area (Å²) in [5.74, 6) is 0.954. The van der Waals surface area contributed by atoms with Crippen LogP contribution in [-0.4, -0.2) is 21.7 Å². The highest BCUT2D eigenvalue weighted by molar-refractivity contribution is 5.82. The Morgan fingerprint density at radius 1 is 1.03 bits per heavy atom. The first-order valence-corrected chi connectivity index (χ1v) is 8.61. The van der Waals surface area contributed by atoms with Gasteiger partial charge in [0.05, 0.1) is 18.5 Å². The molecule has 4 aromatic rings. The number of nitrogens with zero attached hydrogens (tertiary/aromatic N) is 6. The van der Waals surface area contributed by atoms with Gasteiger partial charge in [0.2, 0.25) is 0 Å². The summed E-state index contributed by atoms with van der Waals surface area (Å²) < 4.78 is 6.44. The highest BCUT2D eigenvalue weighted by Crippen LogP contribution is 2.34. The van der Waals surface area contributed by atoms with Crippen molar-refractivity contribution in [2.45, 2.75) is 0 Å². The summed E-state index contributed by atoms with van der Waals surface area (Å²) in [5, 5.41) is 22.2. The molecule has 0 saturated heterocycles. The molecule has 2 aromatic carbocycles. The number of hydrogen-bond donors (Lipinski definition) is 2. The SMILES string of the molecule is COc1ccc(N=Nc2c(N)nn3c(N)c(C#N)c(-c4ccccc4)nc23)cc1. The molecule has 0 atom stereocenters. The summed E-state index contributed by atoms with van der Waals surface area (Å²) in [6.45, 7) is 0. The average molecular weight is 384 g/mol. The van der Waals surface area contributed by atoms with Crippen molar-refractivity contribution in [3.63, 3.8) is 0 Å². The van der Waals surface area contributed by atoms with Crippen LogP contribution in [0, 0.1) is 11.3 Å². The van der Waals surface area contributed by atoms with Crippen LogP contribution in [0.3, 0.4) is 0 Å². The van der Waals surface area contributed by atoms with Crippen LogP contribution in [0.2, 0.25) is 0 Å². The largest absolute Gasteiger partial charge is 0.497 e. The first-order valence-electron chi connectivity index (χ1n) is 8.61. The standard InChI is InChI=1S/C20H16N8O/c1-29-14-9-7-13(8-10-14)25-26-17-18(22)27-28-19(23)15(11-21)16(24-20(17)28)12-5-3-2-4-6-12/h2-10H,23H2,1H3,(H2,22,27). The molecular weight excluding hydrogens is 368 g/mol. The maximum absolute atomic E-state index is 9.60. The minimum atomic E-state index is 0.107. The number of nitrogen functional groups attached to an aromatic ring is 2. The van der Waals surface area contributed by atoms with Gasteiger partial charge in [-0.1, -0.05) is 30.3 Å². The van der Waals surface area contributed by atoms with E-state index in [1.807, 2.05) is 30.3 Å². The molecule has 4 rings (SSSR count). The fourth-order valence-corrected chi connectivity index (χ4v) is 2.84. The van der Waals surface area contributed by atoms with Gasteiger partial charge < -0.3 is 16.2 Å². The quantitative estimate of drug-likeness (QED) is 0.512. The van der Waals surface area contributed by atoms with E-state index >= 15 is 0 Å². The van der Waals surface area contributed by atoms with Crippen molar-refractivity contribution in [2.75, 3.05) is 18.6 Å². The highest BCUT2D eigenvalue weighted by Gasteiger charge is 2.20. The molecule has 29 heavy (non-hydrogen) atoms. The fourth-order valence-electron chi connectivity index (χ4n) is 2.84. The van der Waals surface area contributed by atoms with Crippen molar-refractivity contribution in [3.8, 4) is 23.1 Å². The number of azo groups is 1. The zero-order valence-corrected chi connectivity index (χ0v) is 15.4. The van der Waals surface area contributed by atoms with E-state index in [-0.39, 0.29) is 22.9 Å². The van der Waals surface area contributed by atoms with E-state index in [2.05, 4.69) is 26.4 Å². The Morgan fingerprint density at radius 3 is 2.41 bits per heavy atom. The van der Waals surface area contributed by atoms with Gasteiger partial charge in [-0.05, 0) is 24.3 Å². The smallest absolute Gasteiger partial charge is 0.188 e. The number of rotatable bonds is 4. The van der Waals surface area contributed by atoms with Crippen LogP contribution in [0.4, 0.5) is 23.0 Å². The second-order valence-corrected chi connectivity index (χ2v) is 6.07. The first-order chi connectivity index (χ1) is 14.1. The lowest BCUT2D eigenvalue weighted by Gasteiger charge is -2.08. The third kappa shape index (κ3) is 3.19. The zero-order valence-electron chi connectivity index (χ0n) is 15.4. The van der Waals surface area contributed by atoms with Crippen LogP contribution in [0.15, 0.2) is 64.8 Å². The summed E-state index contributed by atoms with van der Waals surface area (Å²) in [4.78, 5) is 4.58. The normalized spacial score (nSPS) is 11.0. The molecule has 142 valence electrons. The first kappa shape index (κ1) is 17.9. The minimum absolute atomic E-state index is 0.107. The van der Waals surface area contributed by atoms with Crippen LogP contribution in [-0.2, 0) is 0 Å². The molecule has 0 unspecified atom stereocenters. The Kier molecular flexibility index (Phi) is 4.50. The van der Waals surface area contributed by atoms with E-state index in [4.69, 9.17) is 16.2 Å². The molecule has 0 fully saturated rings. The van der Waals surface area contributed by atoms with Gasteiger partial charge in [0.1, 0.15) is 23.2 Å². The predicted octanol–water partition coefficient (Wildman–Crippen LogP) is 3.86. The minimum Gasteiger partial charge on any atom is -0.497 e. The lowest BCUT2D eigenvalue weighted by Crippen LogP contribution is -2.06. The van der Waals surface area contributed by atoms with Crippen LogP contribution in [0.25, 0.3) is 16.9 Å². The average Bonchev–Trinajstić information content (AvgIpc) is 3.08. The van der Waals surface area contributed by atoms with Gasteiger partial charge in [-0.15, -0.1) is 10.2 Å². The molecule has 0 aliphatic rings. The number of fused-ring (bicyclic) bond motifs is 1. The van der Waals surface area contributed by atoms with Crippen molar-refractivity contribution in [1.29, 1.82) is 5.26 Å². The number of aromatic nitrogens is 3. The van der Waals surface area contributed by atoms with Gasteiger partial charge in [-0.25, -0.2) is 4.98 Å². The van der Waals surface area contributed by atoms with Gasteiger partial charge in [-0.3, -0.25) is 0 Å². The maximum Gasteiger partial charge on any atom is 0.188 e. The van der Waals surface area contributed by atoms with Crippen molar-refractivity contribution in [1.82, 2.24) is 14.6 Å². The van der Waals surface area contributed by atoms with E-state index in [9.17, 15) is 5.26 Å². The second kappa shape index (κ2) is 7.28. The molecule has 9 heteroatoms. The number of nitrogens with two attached hydrogens (primary N) is 2. The van der Waals surface area contributed by atoms with E-state index in [1.54, 1.807) is 31.4 Å². The van der Waals surface area contributed by atoms with E-state index in [0.717, 1.165) is 5.56 Å². The Labute approximate surface area is 165 Å². The van der Waals surface area contributed by atoms with Crippen molar-refractivity contribution in [2.24, 2.45) is 10.2 Å². The van der Waals surface area contributed by atoms with Crippen LogP contribution in [0.1, 0.15) is 5.56 Å². The molecule has 2 aromatic heterocycles. The molecule has 0 amide bonds. The van der Waals surface area contributed by atoms with Gasteiger partial charge in [0.15, 0.2) is 17.2 Å². The van der Waals surface area contributed by atoms with Gasteiger partial charge in [-0.2, -0.15) is 14.9 Å². The van der Waals surface area contributed by atoms with E-state index in [0.29, 0.717) is 22.8 Å². The monoisotopic (exact) mass is 384 g/mol. The molecule has 0 aliphatic heterocycles. The Bertz CT molecular complexity index is 1250. The molecule has 9 nitrogen and oxygen atoms in total. The summed E-state index contributed by atoms with van der Waals surface area (Å²) in [5.41, 5.74) is 14.8. The molecular formula is C20H16N8O. The van der Waals surface area contributed by atoms with Gasteiger partial charge in [0, 0.05) is 5.56 Å². The Morgan fingerprint density at radius 2 is 1.76 bits per heavy atom. The molecule has 0 saturated carbocycles. The van der Waals surface area contributed by atoms with Crippen LogP contribution < -0.4 is 16.2 Å². The van der Waals surface area contributed by atoms with Gasteiger partial charge in [0.25, 0.3) is 0 Å². The topological polar surface area (TPSA) is 140 Å². The highest BCUT2D eigenvalue weighted by atomic mass is 16.5. The van der Waals surface area contributed by atoms with Crippen LogP contribution >= 0.6 is 0 Å². The van der Waals surface area contributed by atoms with Crippen molar-refractivity contribution in [3.05, 3.63) is 60.2 Å². The third-order valence-electron chi connectivity index (χ3n) is 4.30. The molecule has 4 N–H and O–H groups in total. The number of nitriles is 1. The van der Waals surface area contributed by atoms with E-state index in [1.165, 1.54) is 4.52 Å². The molecule has 0 aliphatic carbocycles. The lowest BCUT2D eigenvalue weighted by molar-refractivity contribution is 0.415. The predicted molar refractivity (Wildman–Crippen MR) is 109 cm³/mol. The van der Waals surface area contributed by atoms with Crippen LogP contribution in [0.5, 0.6) is 5.75 Å². The number of hydrogen-bond acceptors (Lipinski definition) is 8. The summed E-state index contributed by atoms with van der Waals surface area (Å²) in [7, 11) is 1.59. The maximum atomic E-state index is 9.60. The Balaban J connectivity index is 1.87. The lowest BCUT2D eigenvalue weighted by atomic mass is 10.1. The molecule has 2 heterocycles. The number of methoxy groups -OCH3 is 1. The molecule has 0 bridgehead atoms. The number of ether oxygens (including phenoxy) is 1. The third-order valence-corrected chi connectivity index (χ3v) is 4.30. The van der Waals surface area contributed by atoms with Crippen molar-refractivity contribution >= 4 is 28.7 Å². The second-order valence-electron chi connectivity index (χ2n) is 6.07. The van der Waals surface area contributed by atoms with E-state index < -0.39 is 0 Å². The van der Waals surface area contributed by atoms with Crippen molar-refractivity contribution < 1.29 is 4.74 Å².